The van der Waals surface area contributed by atoms with Gasteiger partial charge in [0.2, 0.25) is 0 Å². The molecule has 0 amide bonds. The largest absolute Gasteiger partial charge is 0.490 e. The normalized spacial score (nSPS) is 11.3. The summed E-state index contributed by atoms with van der Waals surface area (Å²) in [6.45, 7) is 2.74. The molecular formula is C28H21BrFNO2. The van der Waals surface area contributed by atoms with Gasteiger partial charge in [0.1, 0.15) is 12.4 Å². The molecule has 5 heteroatoms. The van der Waals surface area contributed by atoms with Crippen LogP contribution in [0.2, 0.25) is 0 Å². The minimum Gasteiger partial charge on any atom is -0.490 e. The van der Waals surface area contributed by atoms with E-state index in [1.165, 1.54) is 17.5 Å². The van der Waals surface area contributed by atoms with Crippen LogP contribution in [0.3, 0.4) is 0 Å². The van der Waals surface area contributed by atoms with Gasteiger partial charge in [-0.3, -0.25) is 0 Å². The van der Waals surface area contributed by atoms with Crippen LogP contribution >= 0.6 is 15.9 Å². The lowest BCUT2D eigenvalue weighted by Gasteiger charge is -2.15. The van der Waals surface area contributed by atoms with E-state index in [4.69, 9.17) is 9.47 Å². The van der Waals surface area contributed by atoms with E-state index >= 15 is 0 Å². The molecule has 0 aliphatic rings. The molecule has 4 aromatic rings. The van der Waals surface area contributed by atoms with Gasteiger partial charge < -0.3 is 9.47 Å². The number of hydrogen-bond acceptors (Lipinski definition) is 3. The van der Waals surface area contributed by atoms with Crippen molar-refractivity contribution in [3.8, 4) is 17.6 Å². The van der Waals surface area contributed by atoms with E-state index in [1.807, 2.05) is 37.3 Å². The van der Waals surface area contributed by atoms with Gasteiger partial charge in [0.25, 0.3) is 0 Å². The SMILES string of the molecule is CCOc1cc(/C=C(/C#N)c2cccc(F)c2)cc(Br)c1OCc1ccc2ccccc2c1. The second-order valence-electron chi connectivity index (χ2n) is 7.41. The van der Waals surface area contributed by atoms with Crippen molar-refractivity contribution in [2.24, 2.45) is 0 Å². The molecular weight excluding hydrogens is 481 g/mol. The van der Waals surface area contributed by atoms with Crippen molar-refractivity contribution in [1.82, 2.24) is 0 Å². The van der Waals surface area contributed by atoms with Gasteiger partial charge in [-0.2, -0.15) is 5.26 Å². The van der Waals surface area contributed by atoms with Crippen LogP contribution in [0.15, 0.2) is 83.3 Å². The van der Waals surface area contributed by atoms with E-state index in [1.54, 1.807) is 18.2 Å². The second kappa shape index (κ2) is 10.3. The van der Waals surface area contributed by atoms with Gasteiger partial charge in [-0.15, -0.1) is 0 Å². The van der Waals surface area contributed by atoms with Gasteiger partial charge in [0.15, 0.2) is 11.5 Å². The molecule has 4 rings (SSSR count). The fraction of sp³-hybridized carbons (Fsp3) is 0.107. The number of ether oxygens (including phenoxy) is 2. The lowest BCUT2D eigenvalue weighted by atomic mass is 10.0. The predicted octanol–water partition coefficient (Wildman–Crippen LogP) is 7.78. The molecule has 0 unspecified atom stereocenters. The van der Waals surface area contributed by atoms with Crippen LogP contribution in [-0.4, -0.2) is 6.61 Å². The Bertz CT molecular complexity index is 1370. The Balaban J connectivity index is 1.63. The number of benzene rings is 4. The van der Waals surface area contributed by atoms with Crippen molar-refractivity contribution in [3.05, 3.63) is 106 Å². The first-order valence-corrected chi connectivity index (χ1v) is 11.3. The summed E-state index contributed by atoms with van der Waals surface area (Å²) in [7, 11) is 0. The maximum atomic E-state index is 13.6. The number of nitriles is 1. The number of rotatable bonds is 7. The Labute approximate surface area is 200 Å². The Morgan fingerprint density at radius 3 is 2.55 bits per heavy atom. The molecule has 0 saturated carbocycles. The summed E-state index contributed by atoms with van der Waals surface area (Å²) in [5.41, 5.74) is 2.66. The van der Waals surface area contributed by atoms with E-state index in [2.05, 4.69) is 46.3 Å². The Hall–Kier alpha value is -3.62. The summed E-state index contributed by atoms with van der Waals surface area (Å²) < 4.78 is 26.3. The van der Waals surface area contributed by atoms with Gasteiger partial charge in [-0.25, -0.2) is 4.39 Å². The maximum absolute atomic E-state index is 13.6. The second-order valence-corrected chi connectivity index (χ2v) is 8.27. The van der Waals surface area contributed by atoms with Gasteiger partial charge in [-0.1, -0.05) is 48.5 Å². The smallest absolute Gasteiger partial charge is 0.175 e. The van der Waals surface area contributed by atoms with E-state index in [0.717, 1.165) is 16.5 Å². The van der Waals surface area contributed by atoms with Gasteiger partial charge in [0, 0.05) is 0 Å². The van der Waals surface area contributed by atoms with E-state index in [0.29, 0.717) is 40.3 Å². The van der Waals surface area contributed by atoms with Crippen LogP contribution in [0.1, 0.15) is 23.6 Å². The molecule has 3 nitrogen and oxygen atoms in total. The molecule has 0 atom stereocenters. The quantitative estimate of drug-likeness (QED) is 0.191. The molecule has 0 aromatic heterocycles. The fourth-order valence-electron chi connectivity index (χ4n) is 3.56. The third-order valence-corrected chi connectivity index (χ3v) is 5.68. The van der Waals surface area contributed by atoms with Crippen molar-refractivity contribution in [3.63, 3.8) is 0 Å². The molecule has 0 spiro atoms. The first kappa shape index (κ1) is 22.6. The zero-order valence-electron chi connectivity index (χ0n) is 18.0. The minimum absolute atomic E-state index is 0.355. The van der Waals surface area contributed by atoms with Crippen LogP contribution in [0, 0.1) is 17.1 Å². The molecule has 0 fully saturated rings. The molecule has 0 N–H and O–H groups in total. The zero-order valence-corrected chi connectivity index (χ0v) is 19.6. The topological polar surface area (TPSA) is 42.2 Å². The van der Waals surface area contributed by atoms with E-state index in [-0.39, 0.29) is 5.82 Å². The molecule has 0 aliphatic heterocycles. The monoisotopic (exact) mass is 501 g/mol. The minimum atomic E-state index is -0.387. The van der Waals surface area contributed by atoms with Crippen molar-refractivity contribution in [2.75, 3.05) is 6.61 Å². The summed E-state index contributed by atoms with van der Waals surface area (Å²) >= 11 is 3.58. The molecule has 0 saturated heterocycles. The molecule has 0 heterocycles. The summed E-state index contributed by atoms with van der Waals surface area (Å²) in [6.07, 6.45) is 1.70. The van der Waals surface area contributed by atoms with Crippen LogP contribution < -0.4 is 9.47 Å². The van der Waals surface area contributed by atoms with Crippen LogP contribution in [0.25, 0.3) is 22.4 Å². The molecule has 33 heavy (non-hydrogen) atoms. The number of nitrogens with zero attached hydrogens (tertiary/aromatic N) is 1. The number of halogens is 2. The Morgan fingerprint density at radius 1 is 0.970 bits per heavy atom. The third-order valence-electron chi connectivity index (χ3n) is 5.10. The van der Waals surface area contributed by atoms with E-state index in [9.17, 15) is 9.65 Å². The van der Waals surface area contributed by atoms with Crippen molar-refractivity contribution in [1.29, 1.82) is 5.26 Å². The highest BCUT2D eigenvalue weighted by Gasteiger charge is 2.13. The van der Waals surface area contributed by atoms with Crippen molar-refractivity contribution in [2.45, 2.75) is 13.5 Å². The van der Waals surface area contributed by atoms with E-state index < -0.39 is 0 Å². The van der Waals surface area contributed by atoms with Crippen LogP contribution in [-0.2, 0) is 6.61 Å². The standard InChI is InChI=1S/C28H21BrFNO2/c1-2-32-27-15-20(13-24(17-31)23-8-5-9-25(30)16-23)14-26(29)28(27)33-18-19-10-11-21-6-3-4-7-22(21)12-19/h3-16H,2,18H2,1H3/b24-13-. The zero-order chi connectivity index (χ0) is 23.2. The number of fused-ring (bicyclic) bond motifs is 1. The molecule has 164 valence electrons. The molecule has 0 bridgehead atoms. The highest BCUT2D eigenvalue weighted by Crippen LogP contribution is 2.38. The summed E-state index contributed by atoms with van der Waals surface area (Å²) in [6, 6.07) is 26.2. The molecule has 4 aromatic carbocycles. The van der Waals surface area contributed by atoms with Crippen LogP contribution in [0.5, 0.6) is 11.5 Å². The lowest BCUT2D eigenvalue weighted by Crippen LogP contribution is -2.01. The van der Waals surface area contributed by atoms with Crippen LogP contribution in [0.4, 0.5) is 4.39 Å². The average Bonchev–Trinajstić information content (AvgIpc) is 2.82. The van der Waals surface area contributed by atoms with Gasteiger partial charge >= 0.3 is 0 Å². The highest BCUT2D eigenvalue weighted by atomic mass is 79.9. The highest BCUT2D eigenvalue weighted by molar-refractivity contribution is 9.10. The summed E-state index contributed by atoms with van der Waals surface area (Å²) in [5, 5.41) is 11.9. The Morgan fingerprint density at radius 2 is 1.79 bits per heavy atom. The number of hydrogen-bond donors (Lipinski definition) is 0. The maximum Gasteiger partial charge on any atom is 0.175 e. The molecule has 0 radical (unpaired) electrons. The predicted molar refractivity (Wildman–Crippen MR) is 133 cm³/mol. The summed E-state index contributed by atoms with van der Waals surface area (Å²) in [5.74, 6) is 0.768. The summed E-state index contributed by atoms with van der Waals surface area (Å²) in [4.78, 5) is 0. The van der Waals surface area contributed by atoms with Crippen molar-refractivity contribution >= 4 is 38.4 Å². The van der Waals surface area contributed by atoms with Gasteiger partial charge in [0.05, 0.1) is 22.7 Å². The first-order chi connectivity index (χ1) is 16.1. The average molecular weight is 502 g/mol. The van der Waals surface area contributed by atoms with Crippen molar-refractivity contribution < 1.29 is 13.9 Å². The first-order valence-electron chi connectivity index (χ1n) is 10.5. The third kappa shape index (κ3) is 5.42. The molecule has 0 aliphatic carbocycles. The lowest BCUT2D eigenvalue weighted by molar-refractivity contribution is 0.267. The number of allylic oxidation sites excluding steroid dienone is 1. The fourth-order valence-corrected chi connectivity index (χ4v) is 4.14. The Kier molecular flexibility index (Phi) is 7.07. The van der Waals surface area contributed by atoms with Gasteiger partial charge in [-0.05, 0) is 86.7 Å².